The predicted octanol–water partition coefficient (Wildman–Crippen LogP) is 5.52. The van der Waals surface area contributed by atoms with Crippen LogP contribution in [-0.2, 0) is 4.79 Å². The first-order valence-corrected chi connectivity index (χ1v) is 10.5. The summed E-state index contributed by atoms with van der Waals surface area (Å²) in [6.45, 7) is 0. The number of nitrogens with one attached hydrogen (secondary N) is 2. The third kappa shape index (κ3) is 3.58. The molecule has 0 unspecified atom stereocenters. The van der Waals surface area contributed by atoms with Crippen LogP contribution in [0.2, 0.25) is 0 Å². The van der Waals surface area contributed by atoms with Gasteiger partial charge in [-0.25, -0.2) is 4.39 Å². The summed E-state index contributed by atoms with van der Waals surface area (Å²) in [5, 5.41) is 17.0. The van der Waals surface area contributed by atoms with Crippen LogP contribution in [0.1, 0.15) is 35.9 Å². The second-order valence-electron chi connectivity index (χ2n) is 8.15. The number of benzene rings is 3. The Labute approximate surface area is 185 Å². The quantitative estimate of drug-likeness (QED) is 0.510. The number of anilines is 2. The highest BCUT2D eigenvalue weighted by Gasteiger charge is 2.36. The average molecular weight is 430 g/mol. The lowest BCUT2D eigenvalue weighted by molar-refractivity contribution is -0.116. The van der Waals surface area contributed by atoms with Gasteiger partial charge in [-0.3, -0.25) is 4.79 Å². The molecule has 0 saturated carbocycles. The number of ketones is 1. The second-order valence-corrected chi connectivity index (χ2v) is 8.15. The third-order valence-corrected chi connectivity index (χ3v) is 6.19. The zero-order chi connectivity index (χ0) is 22.2. The minimum atomic E-state index is -0.405. The van der Waals surface area contributed by atoms with Crippen molar-refractivity contribution in [3.05, 3.63) is 94.9 Å². The molecule has 0 fully saturated rings. The van der Waals surface area contributed by atoms with Crippen molar-refractivity contribution in [3.8, 4) is 11.5 Å². The molecule has 5 rings (SSSR count). The molecule has 2 aliphatic rings. The highest BCUT2D eigenvalue weighted by molar-refractivity contribution is 6.01. The molecule has 32 heavy (non-hydrogen) atoms. The van der Waals surface area contributed by atoms with E-state index in [4.69, 9.17) is 4.74 Å². The molecular weight excluding hydrogens is 407 g/mol. The molecule has 0 saturated heterocycles. The summed E-state index contributed by atoms with van der Waals surface area (Å²) in [4.78, 5) is 13.5. The van der Waals surface area contributed by atoms with Gasteiger partial charge < -0.3 is 20.5 Å². The number of allylic oxidation sites excluding steroid dienone is 1. The highest BCUT2D eigenvalue weighted by atomic mass is 19.1. The SMILES string of the molecule is COc1cc([C@H]2Nc3ccccc3NC3=C2C(=O)C[C@H](c2ccc(F)cc2)C3)ccc1O. The monoisotopic (exact) mass is 430 g/mol. The maximum Gasteiger partial charge on any atom is 0.163 e. The number of rotatable bonds is 3. The van der Waals surface area contributed by atoms with Crippen molar-refractivity contribution in [1.82, 2.24) is 0 Å². The van der Waals surface area contributed by atoms with Gasteiger partial charge in [0.1, 0.15) is 5.82 Å². The van der Waals surface area contributed by atoms with Gasteiger partial charge in [-0.1, -0.05) is 30.3 Å². The van der Waals surface area contributed by atoms with E-state index in [1.165, 1.54) is 19.2 Å². The van der Waals surface area contributed by atoms with Crippen molar-refractivity contribution in [3.63, 3.8) is 0 Å². The third-order valence-electron chi connectivity index (χ3n) is 6.19. The molecule has 1 heterocycles. The number of halogens is 1. The minimum absolute atomic E-state index is 0.0328. The normalized spacial score (nSPS) is 19.9. The maximum atomic E-state index is 13.5. The van der Waals surface area contributed by atoms with Gasteiger partial charge in [-0.2, -0.15) is 0 Å². The van der Waals surface area contributed by atoms with Crippen LogP contribution in [0.25, 0.3) is 0 Å². The molecule has 3 aromatic carbocycles. The molecule has 162 valence electrons. The Morgan fingerprint density at radius 3 is 2.44 bits per heavy atom. The number of fused-ring (bicyclic) bond motifs is 1. The van der Waals surface area contributed by atoms with Gasteiger partial charge in [0, 0.05) is 17.7 Å². The Hall–Kier alpha value is -3.80. The lowest BCUT2D eigenvalue weighted by Crippen LogP contribution is -2.26. The number of ether oxygens (including phenoxy) is 1. The molecule has 1 aliphatic heterocycles. The summed E-state index contributed by atoms with van der Waals surface area (Å²) in [5.41, 5.74) is 5.06. The summed E-state index contributed by atoms with van der Waals surface area (Å²) in [5.74, 6) is 0.108. The highest BCUT2D eigenvalue weighted by Crippen LogP contribution is 2.45. The molecule has 3 aromatic rings. The number of hydrogen-bond donors (Lipinski definition) is 3. The van der Waals surface area contributed by atoms with Crippen molar-refractivity contribution in [2.45, 2.75) is 24.8 Å². The largest absolute Gasteiger partial charge is 0.504 e. The minimum Gasteiger partial charge on any atom is -0.504 e. The summed E-state index contributed by atoms with van der Waals surface area (Å²) in [7, 11) is 1.50. The zero-order valence-corrected chi connectivity index (χ0v) is 17.6. The molecule has 3 N–H and O–H groups in total. The molecule has 0 bridgehead atoms. The summed E-state index contributed by atoms with van der Waals surface area (Å²) < 4.78 is 18.7. The summed E-state index contributed by atoms with van der Waals surface area (Å²) in [6, 6.07) is 18.9. The fourth-order valence-corrected chi connectivity index (χ4v) is 4.59. The van der Waals surface area contributed by atoms with Crippen LogP contribution in [0.4, 0.5) is 15.8 Å². The zero-order valence-electron chi connectivity index (χ0n) is 17.6. The molecule has 0 spiro atoms. The summed E-state index contributed by atoms with van der Waals surface area (Å²) in [6.07, 6.45) is 0.977. The standard InChI is InChI=1S/C26H23FN2O3/c1-32-24-14-16(8-11-22(24)30)26-25-21(28-19-4-2-3-5-20(19)29-26)12-17(13-23(25)31)15-6-9-18(27)10-7-15/h2-11,14,17,26,28-30H,12-13H2,1H3/t17-,26-/m1/s1. The number of para-hydroxylation sites is 2. The van der Waals surface area contributed by atoms with Crippen molar-refractivity contribution >= 4 is 17.2 Å². The van der Waals surface area contributed by atoms with E-state index in [1.54, 1.807) is 30.3 Å². The van der Waals surface area contributed by atoms with E-state index >= 15 is 0 Å². The number of methoxy groups -OCH3 is 1. The van der Waals surface area contributed by atoms with E-state index in [0.717, 1.165) is 28.2 Å². The first-order chi connectivity index (χ1) is 15.5. The topological polar surface area (TPSA) is 70.6 Å². The predicted molar refractivity (Wildman–Crippen MR) is 121 cm³/mol. The van der Waals surface area contributed by atoms with Crippen LogP contribution in [0.5, 0.6) is 11.5 Å². The van der Waals surface area contributed by atoms with Crippen LogP contribution in [-0.4, -0.2) is 18.0 Å². The van der Waals surface area contributed by atoms with Crippen LogP contribution in [0, 0.1) is 5.82 Å². The van der Waals surface area contributed by atoms with Crippen LogP contribution < -0.4 is 15.4 Å². The second kappa shape index (κ2) is 8.04. The van der Waals surface area contributed by atoms with Gasteiger partial charge in [0.05, 0.1) is 24.5 Å². The molecule has 5 nitrogen and oxygen atoms in total. The van der Waals surface area contributed by atoms with E-state index in [2.05, 4.69) is 10.6 Å². The van der Waals surface area contributed by atoms with Gasteiger partial charge in [0.2, 0.25) is 0 Å². The van der Waals surface area contributed by atoms with Gasteiger partial charge in [0.25, 0.3) is 0 Å². The fraction of sp³-hybridized carbons (Fsp3) is 0.192. The Kier molecular flexibility index (Phi) is 5.05. The van der Waals surface area contributed by atoms with E-state index < -0.39 is 6.04 Å². The number of hydrogen-bond acceptors (Lipinski definition) is 5. The molecule has 2 atom stereocenters. The number of aromatic hydroxyl groups is 1. The van der Waals surface area contributed by atoms with E-state index in [9.17, 15) is 14.3 Å². The first-order valence-electron chi connectivity index (χ1n) is 10.5. The van der Waals surface area contributed by atoms with Crippen LogP contribution >= 0.6 is 0 Å². The summed E-state index contributed by atoms with van der Waals surface area (Å²) >= 11 is 0. The first kappa shape index (κ1) is 20.1. The molecule has 0 aromatic heterocycles. The number of carbonyl (C=O) groups is 1. The maximum absolute atomic E-state index is 13.5. The van der Waals surface area contributed by atoms with Crippen molar-refractivity contribution in [2.75, 3.05) is 17.7 Å². The lowest BCUT2D eigenvalue weighted by Gasteiger charge is -2.30. The Morgan fingerprint density at radius 2 is 1.69 bits per heavy atom. The average Bonchev–Trinajstić information content (AvgIpc) is 2.97. The van der Waals surface area contributed by atoms with Crippen molar-refractivity contribution in [1.29, 1.82) is 0 Å². The Morgan fingerprint density at radius 1 is 0.969 bits per heavy atom. The molecule has 0 radical (unpaired) electrons. The number of carbonyl (C=O) groups excluding carboxylic acids is 1. The molecule has 6 heteroatoms. The molecular formula is C26H23FN2O3. The van der Waals surface area contributed by atoms with Crippen LogP contribution in [0.3, 0.4) is 0 Å². The molecule has 0 amide bonds. The van der Waals surface area contributed by atoms with E-state index in [0.29, 0.717) is 24.2 Å². The smallest absolute Gasteiger partial charge is 0.163 e. The van der Waals surface area contributed by atoms with Gasteiger partial charge in [-0.15, -0.1) is 0 Å². The van der Waals surface area contributed by atoms with E-state index in [1.807, 2.05) is 24.3 Å². The number of Topliss-reactive ketones (excluding diaryl/α,β-unsaturated/α-hetero) is 1. The lowest BCUT2D eigenvalue weighted by atomic mass is 9.78. The molecule has 1 aliphatic carbocycles. The number of phenolic OH excluding ortho intramolecular Hbond substituents is 1. The van der Waals surface area contributed by atoms with Gasteiger partial charge in [-0.05, 0) is 59.9 Å². The Balaban J connectivity index is 1.61. The van der Waals surface area contributed by atoms with E-state index in [-0.39, 0.29) is 23.3 Å². The fourth-order valence-electron chi connectivity index (χ4n) is 4.59. The van der Waals surface area contributed by atoms with Crippen molar-refractivity contribution < 1.29 is 19.0 Å². The van der Waals surface area contributed by atoms with Crippen molar-refractivity contribution in [2.24, 2.45) is 0 Å². The van der Waals surface area contributed by atoms with Gasteiger partial charge >= 0.3 is 0 Å². The Bertz CT molecular complexity index is 1220. The number of phenols is 1. The van der Waals surface area contributed by atoms with Gasteiger partial charge in [0.15, 0.2) is 17.3 Å². The van der Waals surface area contributed by atoms with Crippen LogP contribution in [0.15, 0.2) is 78.0 Å².